The van der Waals surface area contributed by atoms with Gasteiger partial charge in [0.15, 0.2) is 0 Å². The number of amides is 1. The molecular weight excluding hydrogens is 302 g/mol. The number of unbranched alkanes of at least 4 members (excludes halogenated alkanes) is 2. The van der Waals surface area contributed by atoms with Crippen LogP contribution in [0.2, 0.25) is 0 Å². The third kappa shape index (κ3) is 5.57. The van der Waals surface area contributed by atoms with Gasteiger partial charge in [-0.15, -0.1) is 0 Å². The second kappa shape index (κ2) is 9.55. The first-order chi connectivity index (χ1) is 11.7. The number of carbonyl (C=O) groups excluding carboxylic acids is 1. The molecule has 0 radical (unpaired) electrons. The van der Waals surface area contributed by atoms with Crippen molar-refractivity contribution < 1.29 is 9.53 Å². The maximum atomic E-state index is 12.4. The van der Waals surface area contributed by atoms with Crippen molar-refractivity contribution in [1.29, 1.82) is 0 Å². The van der Waals surface area contributed by atoms with E-state index in [2.05, 4.69) is 22.5 Å². The van der Waals surface area contributed by atoms with Gasteiger partial charge < -0.3 is 15.4 Å². The minimum atomic E-state index is -0.154. The average Bonchev–Trinajstić information content (AvgIpc) is 2.61. The summed E-state index contributed by atoms with van der Waals surface area (Å²) in [5.74, 6) is 1.36. The molecule has 0 unspecified atom stereocenters. The second-order valence-electron chi connectivity index (χ2n) is 5.48. The van der Waals surface area contributed by atoms with E-state index in [1.54, 1.807) is 18.3 Å². The molecule has 5 nitrogen and oxygen atoms in total. The largest absolute Gasteiger partial charge is 0.494 e. The van der Waals surface area contributed by atoms with Crippen LogP contribution in [0.25, 0.3) is 0 Å². The van der Waals surface area contributed by atoms with E-state index in [1.165, 1.54) is 12.8 Å². The third-order valence-electron chi connectivity index (χ3n) is 3.53. The summed E-state index contributed by atoms with van der Waals surface area (Å²) in [7, 11) is 0. The number of carbonyl (C=O) groups is 1. The van der Waals surface area contributed by atoms with Gasteiger partial charge in [-0.05, 0) is 49.7 Å². The van der Waals surface area contributed by atoms with Gasteiger partial charge in [0.2, 0.25) is 0 Å². The molecule has 0 aliphatic rings. The minimum Gasteiger partial charge on any atom is -0.494 e. The lowest BCUT2D eigenvalue weighted by Crippen LogP contribution is -2.13. The molecule has 1 amide bonds. The van der Waals surface area contributed by atoms with Gasteiger partial charge in [0.05, 0.1) is 6.61 Å². The van der Waals surface area contributed by atoms with Crippen molar-refractivity contribution in [3.05, 3.63) is 48.2 Å². The quantitative estimate of drug-likeness (QED) is 0.673. The molecule has 1 aromatic carbocycles. The summed E-state index contributed by atoms with van der Waals surface area (Å²) >= 11 is 0. The lowest BCUT2D eigenvalue weighted by molar-refractivity contribution is 0.102. The number of rotatable bonds is 9. The predicted molar refractivity (Wildman–Crippen MR) is 97.8 cm³/mol. The zero-order chi connectivity index (χ0) is 17.2. The predicted octanol–water partition coefficient (Wildman–Crippen LogP) is 4.33. The van der Waals surface area contributed by atoms with Gasteiger partial charge in [-0.1, -0.05) is 19.8 Å². The Balaban J connectivity index is 1.94. The number of pyridine rings is 1. The second-order valence-corrected chi connectivity index (χ2v) is 5.48. The Morgan fingerprint density at radius 3 is 2.62 bits per heavy atom. The number of hydrogen-bond donors (Lipinski definition) is 2. The zero-order valence-electron chi connectivity index (χ0n) is 14.3. The monoisotopic (exact) mass is 327 g/mol. The zero-order valence-corrected chi connectivity index (χ0v) is 14.3. The molecule has 2 N–H and O–H groups in total. The van der Waals surface area contributed by atoms with Crippen molar-refractivity contribution in [2.75, 3.05) is 23.8 Å². The lowest BCUT2D eigenvalue weighted by Gasteiger charge is -2.09. The topological polar surface area (TPSA) is 63.2 Å². The molecule has 0 atom stereocenters. The molecule has 5 heteroatoms. The summed E-state index contributed by atoms with van der Waals surface area (Å²) in [5, 5.41) is 6.13. The van der Waals surface area contributed by atoms with Crippen LogP contribution in [-0.4, -0.2) is 24.0 Å². The standard InChI is InChI=1S/C19H25N3O2/c1-3-5-6-12-20-18-14-15(11-13-21-18)19(23)22-16-7-9-17(10-8-16)24-4-2/h7-11,13-14H,3-6,12H2,1-2H3,(H,20,21)(H,22,23). The van der Waals surface area contributed by atoms with Crippen LogP contribution in [0, 0.1) is 0 Å². The highest BCUT2D eigenvalue weighted by Gasteiger charge is 2.07. The Hall–Kier alpha value is -2.56. The Morgan fingerprint density at radius 1 is 1.12 bits per heavy atom. The van der Waals surface area contributed by atoms with E-state index in [9.17, 15) is 4.79 Å². The van der Waals surface area contributed by atoms with E-state index in [0.29, 0.717) is 12.2 Å². The number of nitrogens with one attached hydrogen (secondary N) is 2. The maximum Gasteiger partial charge on any atom is 0.255 e. The summed E-state index contributed by atoms with van der Waals surface area (Å²) < 4.78 is 5.39. The molecule has 0 bridgehead atoms. The van der Waals surface area contributed by atoms with E-state index < -0.39 is 0 Å². The molecule has 128 valence electrons. The molecule has 24 heavy (non-hydrogen) atoms. The van der Waals surface area contributed by atoms with Crippen molar-refractivity contribution in [1.82, 2.24) is 4.98 Å². The maximum absolute atomic E-state index is 12.4. The summed E-state index contributed by atoms with van der Waals surface area (Å²) in [4.78, 5) is 16.6. The van der Waals surface area contributed by atoms with E-state index >= 15 is 0 Å². The fraction of sp³-hybridized carbons (Fsp3) is 0.368. The Kier molecular flexibility index (Phi) is 7.08. The van der Waals surface area contributed by atoms with Gasteiger partial charge >= 0.3 is 0 Å². The number of hydrogen-bond acceptors (Lipinski definition) is 4. The van der Waals surface area contributed by atoms with Crippen LogP contribution in [0.3, 0.4) is 0 Å². The summed E-state index contributed by atoms with van der Waals surface area (Å²) in [6.45, 7) is 5.60. The molecule has 0 aliphatic carbocycles. The van der Waals surface area contributed by atoms with Gasteiger partial charge in [-0.3, -0.25) is 4.79 Å². The number of nitrogens with zero attached hydrogens (tertiary/aromatic N) is 1. The highest BCUT2D eigenvalue weighted by atomic mass is 16.5. The number of aromatic nitrogens is 1. The molecule has 0 fully saturated rings. The minimum absolute atomic E-state index is 0.154. The number of anilines is 2. The first-order valence-corrected chi connectivity index (χ1v) is 8.47. The SMILES string of the molecule is CCCCCNc1cc(C(=O)Nc2ccc(OCC)cc2)ccn1. The van der Waals surface area contributed by atoms with Crippen LogP contribution in [0.1, 0.15) is 43.5 Å². The fourth-order valence-electron chi connectivity index (χ4n) is 2.26. The Bertz CT molecular complexity index is 641. The van der Waals surface area contributed by atoms with Crippen molar-refractivity contribution in [3.8, 4) is 5.75 Å². The number of benzene rings is 1. The van der Waals surface area contributed by atoms with E-state index in [0.717, 1.165) is 30.2 Å². The summed E-state index contributed by atoms with van der Waals surface area (Å²) in [6, 6.07) is 10.8. The van der Waals surface area contributed by atoms with Crippen molar-refractivity contribution in [3.63, 3.8) is 0 Å². The van der Waals surface area contributed by atoms with Crippen LogP contribution < -0.4 is 15.4 Å². The van der Waals surface area contributed by atoms with Crippen LogP contribution in [0.4, 0.5) is 11.5 Å². The highest BCUT2D eigenvalue weighted by molar-refractivity contribution is 6.04. The van der Waals surface area contributed by atoms with Crippen LogP contribution in [0.15, 0.2) is 42.6 Å². The first kappa shape index (κ1) is 17.8. The smallest absolute Gasteiger partial charge is 0.255 e. The molecule has 0 saturated heterocycles. The van der Waals surface area contributed by atoms with Crippen molar-refractivity contribution >= 4 is 17.4 Å². The molecule has 0 spiro atoms. The molecule has 0 aliphatic heterocycles. The van der Waals surface area contributed by atoms with E-state index in [-0.39, 0.29) is 5.91 Å². The molecule has 1 heterocycles. The molecular formula is C19H25N3O2. The highest BCUT2D eigenvalue weighted by Crippen LogP contribution is 2.17. The Morgan fingerprint density at radius 2 is 1.92 bits per heavy atom. The third-order valence-corrected chi connectivity index (χ3v) is 3.53. The van der Waals surface area contributed by atoms with Gasteiger partial charge in [-0.2, -0.15) is 0 Å². The van der Waals surface area contributed by atoms with Crippen LogP contribution in [0.5, 0.6) is 5.75 Å². The lowest BCUT2D eigenvalue weighted by atomic mass is 10.2. The molecule has 2 aromatic rings. The fourth-order valence-corrected chi connectivity index (χ4v) is 2.26. The van der Waals surface area contributed by atoms with Gasteiger partial charge in [0, 0.05) is 24.0 Å². The number of ether oxygens (including phenoxy) is 1. The molecule has 0 saturated carbocycles. The first-order valence-electron chi connectivity index (χ1n) is 8.47. The van der Waals surface area contributed by atoms with Crippen molar-refractivity contribution in [2.24, 2.45) is 0 Å². The summed E-state index contributed by atoms with van der Waals surface area (Å²) in [6.07, 6.45) is 5.11. The van der Waals surface area contributed by atoms with Gasteiger partial charge in [0.1, 0.15) is 11.6 Å². The van der Waals surface area contributed by atoms with Crippen molar-refractivity contribution in [2.45, 2.75) is 33.1 Å². The van der Waals surface area contributed by atoms with Crippen LogP contribution in [-0.2, 0) is 0 Å². The van der Waals surface area contributed by atoms with E-state index in [4.69, 9.17) is 4.74 Å². The van der Waals surface area contributed by atoms with E-state index in [1.807, 2.05) is 31.2 Å². The van der Waals surface area contributed by atoms with Crippen LogP contribution >= 0.6 is 0 Å². The van der Waals surface area contributed by atoms with Gasteiger partial charge in [-0.25, -0.2) is 4.98 Å². The average molecular weight is 327 g/mol. The van der Waals surface area contributed by atoms with Gasteiger partial charge in [0.25, 0.3) is 5.91 Å². The molecule has 2 rings (SSSR count). The summed E-state index contributed by atoms with van der Waals surface area (Å²) in [5.41, 5.74) is 1.31. The molecule has 1 aromatic heterocycles. The normalized spacial score (nSPS) is 10.2. The Labute approximate surface area is 143 Å².